The molecule has 5 N–H and O–H groups in total. The van der Waals surface area contributed by atoms with Gasteiger partial charge in [0.15, 0.2) is 17.2 Å². The topological polar surface area (TPSA) is 162 Å². The molecule has 15 heteroatoms. The molecule has 3 aromatic heterocycles. The van der Waals surface area contributed by atoms with Crippen LogP contribution in [0.2, 0.25) is 0 Å². The third-order valence-corrected chi connectivity index (χ3v) is 5.70. The highest BCUT2D eigenvalue weighted by molar-refractivity contribution is 5.97. The highest BCUT2D eigenvalue weighted by atomic mass is 19.4. The predicted octanol–water partition coefficient (Wildman–Crippen LogP) is 2.68. The predicted molar refractivity (Wildman–Crippen MR) is 134 cm³/mol. The van der Waals surface area contributed by atoms with Crippen LogP contribution in [0.5, 0.6) is 5.75 Å². The van der Waals surface area contributed by atoms with Gasteiger partial charge in [0.05, 0.1) is 42.6 Å². The zero-order chi connectivity index (χ0) is 28.0. The summed E-state index contributed by atoms with van der Waals surface area (Å²) in [4.78, 5) is 32.7. The fraction of sp³-hybridized carbons (Fsp3) is 0.292. The highest BCUT2D eigenvalue weighted by Gasteiger charge is 2.36. The number of rotatable bonds is 12. The van der Waals surface area contributed by atoms with E-state index in [9.17, 15) is 22.8 Å². The van der Waals surface area contributed by atoms with Crippen LogP contribution in [-0.2, 0) is 22.1 Å². The molecule has 0 aliphatic carbocycles. The van der Waals surface area contributed by atoms with Crippen molar-refractivity contribution in [2.24, 2.45) is 5.73 Å². The molecule has 4 rings (SSSR count). The van der Waals surface area contributed by atoms with Gasteiger partial charge in [0.2, 0.25) is 0 Å². The van der Waals surface area contributed by atoms with Crippen LogP contribution in [0.4, 0.5) is 24.7 Å². The minimum Gasteiger partial charge on any atom is -0.426 e. The van der Waals surface area contributed by atoms with E-state index in [0.29, 0.717) is 36.4 Å². The lowest BCUT2D eigenvalue weighted by atomic mass is 10.0. The third-order valence-electron chi connectivity index (χ3n) is 5.70. The first-order valence-corrected chi connectivity index (χ1v) is 11.8. The van der Waals surface area contributed by atoms with Crippen molar-refractivity contribution in [3.8, 4) is 17.0 Å². The van der Waals surface area contributed by atoms with Gasteiger partial charge in [-0.05, 0) is 18.6 Å². The van der Waals surface area contributed by atoms with Crippen LogP contribution in [0.15, 0.2) is 36.9 Å². The van der Waals surface area contributed by atoms with Crippen molar-refractivity contribution in [2.45, 2.75) is 19.5 Å². The molecule has 0 bridgehead atoms. The number of carbonyl (C=O) groups is 2. The van der Waals surface area contributed by atoms with Crippen LogP contribution in [0.3, 0.4) is 0 Å². The summed E-state index contributed by atoms with van der Waals surface area (Å²) in [6, 6.07) is 3.10. The zero-order valence-electron chi connectivity index (χ0n) is 20.7. The normalized spacial score (nSPS) is 11.5. The van der Waals surface area contributed by atoms with E-state index in [1.807, 2.05) is 5.10 Å². The number of benzene rings is 1. The first-order chi connectivity index (χ1) is 18.8. The molecule has 0 saturated heterocycles. The molecule has 3 heterocycles. The molecule has 206 valence electrons. The van der Waals surface area contributed by atoms with Crippen molar-refractivity contribution >= 4 is 29.5 Å². The first kappa shape index (κ1) is 27.5. The number of H-pyrrole nitrogens is 1. The summed E-state index contributed by atoms with van der Waals surface area (Å²) < 4.78 is 52.2. The van der Waals surface area contributed by atoms with E-state index in [1.165, 1.54) is 29.1 Å². The van der Waals surface area contributed by atoms with Crippen LogP contribution >= 0.6 is 0 Å². The van der Waals surface area contributed by atoms with Crippen molar-refractivity contribution < 1.29 is 32.2 Å². The number of nitrogens with zero attached hydrogens (tertiary/aromatic N) is 4. The fourth-order valence-electron chi connectivity index (χ4n) is 4.02. The SMILES string of the molecule is CCc1c(C(=O)NCCOCCN)ccc(Nc2nccn3c(-c4cn[nH]c4C(F)(F)F)cnc23)c1OC=O. The Labute approximate surface area is 219 Å². The molecule has 0 fully saturated rings. The van der Waals surface area contributed by atoms with Crippen LogP contribution < -0.4 is 21.1 Å². The number of carbonyl (C=O) groups excluding carboxylic acids is 2. The van der Waals surface area contributed by atoms with Crippen LogP contribution in [0.1, 0.15) is 28.5 Å². The van der Waals surface area contributed by atoms with Crippen molar-refractivity contribution in [1.82, 2.24) is 29.9 Å². The van der Waals surface area contributed by atoms with E-state index in [0.717, 1.165) is 6.20 Å². The third kappa shape index (κ3) is 5.83. The molecule has 1 aromatic carbocycles. The highest BCUT2D eigenvalue weighted by Crippen LogP contribution is 2.37. The Bertz CT molecular complexity index is 1470. The standard InChI is InChI=1S/C24H25F3N8O4/c1-2-14-15(23(37)30-7-10-38-9-5-28)3-4-17(19(14)39-13-36)33-21-22-31-12-18(35(22)8-6-29-21)16-11-32-34-20(16)24(25,26)27/h3-4,6,8,11-13H,2,5,7,9-10,28H2,1H3,(H,29,33)(H,30,37)(H,32,34). The summed E-state index contributed by atoms with van der Waals surface area (Å²) in [6.07, 6.45) is 0.874. The molecule has 0 aliphatic heterocycles. The number of nitrogens with one attached hydrogen (secondary N) is 3. The summed E-state index contributed by atoms with van der Waals surface area (Å²) in [5.74, 6) is -0.110. The summed E-state index contributed by atoms with van der Waals surface area (Å²) in [5.41, 5.74) is 5.57. The minimum atomic E-state index is -4.65. The first-order valence-electron chi connectivity index (χ1n) is 11.8. The van der Waals surface area contributed by atoms with Crippen molar-refractivity contribution in [3.63, 3.8) is 0 Å². The smallest absolute Gasteiger partial charge is 0.426 e. The second-order valence-corrected chi connectivity index (χ2v) is 8.09. The van der Waals surface area contributed by atoms with Crippen LogP contribution in [0, 0.1) is 0 Å². The minimum absolute atomic E-state index is 0.101. The Morgan fingerprint density at radius 2 is 2.05 bits per heavy atom. The van der Waals surface area contributed by atoms with Gasteiger partial charge in [0.1, 0.15) is 5.69 Å². The fourth-order valence-corrected chi connectivity index (χ4v) is 4.02. The molecule has 0 saturated carbocycles. The van der Waals surface area contributed by atoms with Gasteiger partial charge in [-0.3, -0.25) is 19.1 Å². The number of alkyl halides is 3. The maximum absolute atomic E-state index is 13.4. The van der Waals surface area contributed by atoms with E-state index in [2.05, 4.69) is 25.7 Å². The Kier molecular flexibility index (Phi) is 8.41. The number of aromatic nitrogens is 5. The summed E-state index contributed by atoms with van der Waals surface area (Å²) in [5, 5.41) is 11.3. The number of aromatic amines is 1. The summed E-state index contributed by atoms with van der Waals surface area (Å²) >= 11 is 0. The number of fused-ring (bicyclic) bond motifs is 1. The number of ether oxygens (including phenoxy) is 2. The maximum atomic E-state index is 13.4. The zero-order valence-corrected chi connectivity index (χ0v) is 20.7. The molecule has 4 aromatic rings. The number of imidazole rings is 1. The summed E-state index contributed by atoms with van der Waals surface area (Å²) in [7, 11) is 0. The average Bonchev–Trinajstić information content (AvgIpc) is 3.57. The maximum Gasteiger partial charge on any atom is 0.433 e. The van der Waals surface area contributed by atoms with Gasteiger partial charge < -0.3 is 25.8 Å². The molecule has 0 radical (unpaired) electrons. The average molecular weight is 547 g/mol. The Hall–Kier alpha value is -4.50. The molecule has 0 unspecified atom stereocenters. The number of halogens is 3. The number of amides is 1. The van der Waals surface area contributed by atoms with Gasteiger partial charge in [-0.15, -0.1) is 0 Å². The van der Waals surface area contributed by atoms with Crippen molar-refractivity contribution in [1.29, 1.82) is 0 Å². The lowest BCUT2D eigenvalue weighted by Gasteiger charge is -2.17. The lowest BCUT2D eigenvalue weighted by Crippen LogP contribution is -2.29. The van der Waals surface area contributed by atoms with E-state index in [1.54, 1.807) is 13.0 Å². The molecule has 1 amide bonds. The molecule has 39 heavy (non-hydrogen) atoms. The van der Waals surface area contributed by atoms with Crippen LogP contribution in [-0.4, -0.2) is 63.2 Å². The van der Waals surface area contributed by atoms with Gasteiger partial charge in [-0.25, -0.2) is 9.97 Å². The Morgan fingerprint density at radius 3 is 2.77 bits per heavy atom. The monoisotopic (exact) mass is 546 g/mol. The number of nitrogens with two attached hydrogens (primary N) is 1. The van der Waals surface area contributed by atoms with Gasteiger partial charge in [-0.1, -0.05) is 6.92 Å². The Morgan fingerprint density at radius 1 is 1.23 bits per heavy atom. The van der Waals surface area contributed by atoms with Crippen molar-refractivity contribution in [3.05, 3.63) is 53.7 Å². The molecule has 0 atom stereocenters. The van der Waals surface area contributed by atoms with E-state index in [4.69, 9.17) is 15.2 Å². The van der Waals surface area contributed by atoms with E-state index >= 15 is 0 Å². The lowest BCUT2D eigenvalue weighted by molar-refractivity contribution is -0.140. The molecule has 0 aliphatic rings. The van der Waals surface area contributed by atoms with Gasteiger partial charge in [-0.2, -0.15) is 18.3 Å². The summed E-state index contributed by atoms with van der Waals surface area (Å²) in [6.45, 7) is 3.31. The Balaban J connectivity index is 1.67. The number of hydrogen-bond acceptors (Lipinski definition) is 9. The second kappa shape index (κ2) is 11.9. The molecular formula is C24H25F3N8O4. The second-order valence-electron chi connectivity index (χ2n) is 8.09. The van der Waals surface area contributed by atoms with E-state index in [-0.39, 0.29) is 54.0 Å². The van der Waals surface area contributed by atoms with E-state index < -0.39 is 11.9 Å². The largest absolute Gasteiger partial charge is 0.433 e. The molecule has 0 spiro atoms. The molecule has 12 nitrogen and oxygen atoms in total. The van der Waals surface area contributed by atoms with Crippen LogP contribution in [0.25, 0.3) is 16.9 Å². The van der Waals surface area contributed by atoms with Gasteiger partial charge in [0, 0.05) is 36.6 Å². The van der Waals surface area contributed by atoms with Crippen molar-refractivity contribution in [2.75, 3.05) is 31.6 Å². The number of anilines is 2. The molecular weight excluding hydrogens is 521 g/mol. The van der Waals surface area contributed by atoms with Gasteiger partial charge >= 0.3 is 6.18 Å². The van der Waals surface area contributed by atoms with Gasteiger partial charge in [0.25, 0.3) is 12.4 Å². The number of hydrogen-bond donors (Lipinski definition) is 4. The quantitative estimate of drug-likeness (QED) is 0.155.